The Hall–Kier alpha value is -1.26. The van der Waals surface area contributed by atoms with Crippen molar-refractivity contribution in [3.05, 3.63) is 0 Å². The molecule has 1 saturated carbocycles. The number of hydrogen-bond donors (Lipinski definition) is 1. The van der Waals surface area contributed by atoms with E-state index in [2.05, 4.69) is 5.32 Å². The van der Waals surface area contributed by atoms with Crippen LogP contribution in [0.1, 0.15) is 47.0 Å². The standard InChI is InChI=1S/C13H23NO4/c1-12(2,3)18-11(16)14-13(4)8-6-7-9(13)10(15)17-5/h9H,6-8H2,1-5H3,(H,14,16). The first-order chi connectivity index (χ1) is 8.18. The fraction of sp³-hybridized carbons (Fsp3) is 0.846. The molecule has 0 aromatic rings. The number of carbonyl (C=O) groups excluding carboxylic acids is 2. The molecule has 1 aliphatic carbocycles. The number of rotatable bonds is 2. The number of hydrogen-bond acceptors (Lipinski definition) is 4. The van der Waals surface area contributed by atoms with E-state index in [1.54, 1.807) is 20.8 Å². The van der Waals surface area contributed by atoms with Crippen LogP contribution in [-0.2, 0) is 14.3 Å². The molecule has 0 aromatic carbocycles. The molecule has 0 heterocycles. The van der Waals surface area contributed by atoms with Crippen LogP contribution in [0.5, 0.6) is 0 Å². The Morgan fingerprint density at radius 3 is 2.44 bits per heavy atom. The molecule has 2 unspecified atom stereocenters. The molecule has 5 nitrogen and oxygen atoms in total. The van der Waals surface area contributed by atoms with E-state index in [0.29, 0.717) is 0 Å². The van der Waals surface area contributed by atoms with Crippen LogP contribution in [0.15, 0.2) is 0 Å². The van der Waals surface area contributed by atoms with Crippen LogP contribution >= 0.6 is 0 Å². The molecule has 0 aliphatic heterocycles. The van der Waals surface area contributed by atoms with Gasteiger partial charge in [-0.2, -0.15) is 0 Å². The summed E-state index contributed by atoms with van der Waals surface area (Å²) in [5.74, 6) is -0.568. The smallest absolute Gasteiger partial charge is 0.408 e. The number of nitrogens with one attached hydrogen (secondary N) is 1. The van der Waals surface area contributed by atoms with Crippen molar-refractivity contribution in [2.24, 2.45) is 5.92 Å². The Labute approximate surface area is 108 Å². The van der Waals surface area contributed by atoms with Gasteiger partial charge in [0.05, 0.1) is 18.6 Å². The lowest BCUT2D eigenvalue weighted by Crippen LogP contribution is -2.52. The van der Waals surface area contributed by atoms with Crippen LogP contribution in [0, 0.1) is 5.92 Å². The molecule has 0 aromatic heterocycles. The summed E-state index contributed by atoms with van der Waals surface area (Å²) in [6.07, 6.45) is 1.90. The fourth-order valence-corrected chi connectivity index (χ4v) is 2.37. The molecule has 1 N–H and O–H groups in total. The third kappa shape index (κ3) is 3.62. The second-order valence-electron chi connectivity index (χ2n) is 6.01. The Morgan fingerprint density at radius 1 is 1.33 bits per heavy atom. The third-order valence-corrected chi connectivity index (χ3v) is 3.23. The summed E-state index contributed by atoms with van der Waals surface area (Å²) in [5.41, 5.74) is -1.12. The van der Waals surface area contributed by atoms with Crippen molar-refractivity contribution in [3.8, 4) is 0 Å². The number of methoxy groups -OCH3 is 1. The lowest BCUT2D eigenvalue weighted by molar-refractivity contribution is -0.147. The quantitative estimate of drug-likeness (QED) is 0.770. The topological polar surface area (TPSA) is 64.6 Å². The van der Waals surface area contributed by atoms with E-state index in [1.165, 1.54) is 7.11 Å². The van der Waals surface area contributed by atoms with Crippen LogP contribution in [0.3, 0.4) is 0 Å². The Bertz CT molecular complexity index is 334. The molecular formula is C13H23NO4. The average molecular weight is 257 g/mol. The van der Waals surface area contributed by atoms with E-state index in [-0.39, 0.29) is 11.9 Å². The van der Waals surface area contributed by atoms with Crippen LogP contribution < -0.4 is 5.32 Å². The molecule has 1 amide bonds. The molecule has 0 bridgehead atoms. The highest BCUT2D eigenvalue weighted by Crippen LogP contribution is 2.36. The molecule has 0 radical (unpaired) electrons. The third-order valence-electron chi connectivity index (χ3n) is 3.23. The van der Waals surface area contributed by atoms with Gasteiger partial charge in [0.2, 0.25) is 0 Å². The molecule has 104 valence electrons. The number of esters is 1. The van der Waals surface area contributed by atoms with Crippen LogP contribution in [0.4, 0.5) is 4.79 Å². The molecule has 0 saturated heterocycles. The van der Waals surface area contributed by atoms with E-state index in [0.717, 1.165) is 19.3 Å². The van der Waals surface area contributed by atoms with Crippen molar-refractivity contribution in [1.29, 1.82) is 0 Å². The Kier molecular flexibility index (Phi) is 4.24. The van der Waals surface area contributed by atoms with Crippen molar-refractivity contribution in [2.45, 2.75) is 58.1 Å². The highest BCUT2D eigenvalue weighted by Gasteiger charge is 2.45. The fourth-order valence-electron chi connectivity index (χ4n) is 2.37. The molecule has 5 heteroatoms. The van der Waals surface area contributed by atoms with Gasteiger partial charge in [0, 0.05) is 0 Å². The normalized spacial score (nSPS) is 27.7. The van der Waals surface area contributed by atoms with Gasteiger partial charge < -0.3 is 14.8 Å². The highest BCUT2D eigenvalue weighted by atomic mass is 16.6. The van der Waals surface area contributed by atoms with Gasteiger partial charge in [-0.3, -0.25) is 4.79 Å². The van der Waals surface area contributed by atoms with Crippen molar-refractivity contribution >= 4 is 12.1 Å². The van der Waals surface area contributed by atoms with Crippen molar-refractivity contribution in [1.82, 2.24) is 5.32 Å². The Morgan fingerprint density at radius 2 is 1.94 bits per heavy atom. The van der Waals surface area contributed by atoms with Crippen LogP contribution in [0.25, 0.3) is 0 Å². The summed E-state index contributed by atoms with van der Waals surface area (Å²) in [4.78, 5) is 23.5. The van der Waals surface area contributed by atoms with Gasteiger partial charge in [-0.1, -0.05) is 6.42 Å². The van der Waals surface area contributed by atoms with Gasteiger partial charge in [0.15, 0.2) is 0 Å². The van der Waals surface area contributed by atoms with Gasteiger partial charge >= 0.3 is 12.1 Å². The van der Waals surface area contributed by atoms with Gasteiger partial charge in [0.25, 0.3) is 0 Å². The zero-order chi connectivity index (χ0) is 14.0. The summed E-state index contributed by atoms with van der Waals surface area (Å²) in [7, 11) is 1.37. The number of alkyl carbamates (subject to hydrolysis) is 1. The lowest BCUT2D eigenvalue weighted by atomic mass is 9.89. The highest BCUT2D eigenvalue weighted by molar-refractivity contribution is 5.77. The van der Waals surface area contributed by atoms with E-state index < -0.39 is 17.2 Å². The predicted molar refractivity (Wildman–Crippen MR) is 67.1 cm³/mol. The first kappa shape index (κ1) is 14.8. The summed E-state index contributed by atoms with van der Waals surface area (Å²) in [6, 6.07) is 0. The summed E-state index contributed by atoms with van der Waals surface area (Å²) in [5, 5.41) is 2.82. The zero-order valence-electron chi connectivity index (χ0n) is 11.8. The maximum Gasteiger partial charge on any atom is 0.408 e. The largest absolute Gasteiger partial charge is 0.469 e. The van der Waals surface area contributed by atoms with Crippen LogP contribution in [0.2, 0.25) is 0 Å². The van der Waals surface area contributed by atoms with E-state index in [1.807, 2.05) is 6.92 Å². The van der Waals surface area contributed by atoms with Crippen LogP contribution in [-0.4, -0.2) is 30.3 Å². The first-order valence-electron chi connectivity index (χ1n) is 6.27. The second kappa shape index (κ2) is 5.16. The van der Waals surface area contributed by atoms with Crippen molar-refractivity contribution in [3.63, 3.8) is 0 Å². The zero-order valence-corrected chi connectivity index (χ0v) is 11.8. The minimum Gasteiger partial charge on any atom is -0.469 e. The van der Waals surface area contributed by atoms with Gasteiger partial charge in [-0.05, 0) is 40.5 Å². The number of carbonyl (C=O) groups is 2. The maximum absolute atomic E-state index is 11.8. The monoisotopic (exact) mass is 257 g/mol. The molecular weight excluding hydrogens is 234 g/mol. The van der Waals surface area contributed by atoms with Gasteiger partial charge in [-0.15, -0.1) is 0 Å². The van der Waals surface area contributed by atoms with Gasteiger partial charge in [-0.25, -0.2) is 4.79 Å². The van der Waals surface area contributed by atoms with E-state index in [9.17, 15) is 9.59 Å². The minimum atomic E-state index is -0.574. The molecule has 1 rings (SSSR count). The van der Waals surface area contributed by atoms with Crippen molar-refractivity contribution < 1.29 is 19.1 Å². The minimum absolute atomic E-state index is 0.272. The summed E-state index contributed by atoms with van der Waals surface area (Å²) >= 11 is 0. The predicted octanol–water partition coefficient (Wildman–Crippen LogP) is 2.24. The molecule has 0 spiro atoms. The first-order valence-corrected chi connectivity index (χ1v) is 6.27. The second-order valence-corrected chi connectivity index (χ2v) is 6.01. The number of amides is 1. The van der Waals surface area contributed by atoms with E-state index in [4.69, 9.17) is 9.47 Å². The molecule has 2 atom stereocenters. The summed E-state index contributed by atoms with van der Waals surface area (Å²) < 4.78 is 10.0. The lowest BCUT2D eigenvalue weighted by Gasteiger charge is -2.32. The average Bonchev–Trinajstić information content (AvgIpc) is 2.55. The molecule has 1 fully saturated rings. The van der Waals surface area contributed by atoms with Crippen molar-refractivity contribution in [2.75, 3.05) is 7.11 Å². The summed E-state index contributed by atoms with van der Waals surface area (Å²) in [6.45, 7) is 7.29. The Balaban J connectivity index is 2.69. The van der Waals surface area contributed by atoms with Gasteiger partial charge in [0.1, 0.15) is 5.60 Å². The SMILES string of the molecule is COC(=O)C1CCCC1(C)NC(=O)OC(C)(C)C. The number of ether oxygens (including phenoxy) is 2. The molecule has 18 heavy (non-hydrogen) atoms. The van der Waals surface area contributed by atoms with E-state index >= 15 is 0 Å². The maximum atomic E-state index is 11.8. The molecule has 1 aliphatic rings.